The number of carbonyl (C=O) groups is 1. The van der Waals surface area contributed by atoms with Gasteiger partial charge < -0.3 is 5.32 Å². The molecule has 0 unspecified atom stereocenters. The van der Waals surface area contributed by atoms with Gasteiger partial charge >= 0.3 is 0 Å². The molecule has 1 N–H and O–H groups in total. The highest BCUT2D eigenvalue weighted by atomic mass is 16.2. The molecule has 5 rings (SSSR count). The van der Waals surface area contributed by atoms with Crippen LogP contribution < -0.4 is 5.32 Å². The molecule has 1 amide bonds. The maximum absolute atomic E-state index is 12.8. The van der Waals surface area contributed by atoms with Gasteiger partial charge in [-0.05, 0) is 37.5 Å². The second kappa shape index (κ2) is 6.78. The minimum atomic E-state index is -0.273. The standard InChI is InChI=1S/C21H23N5O/c27-21(24-16-5-3-6-16)20-14-25(13-18-10-11-22-26(18)20)12-17-9-8-15-4-1-2-7-19(15)23-17/h1-2,4,7-11,16,20H,3,5-6,12-14H2,(H,24,27)/t20-/m0/s1. The van der Waals surface area contributed by atoms with E-state index in [2.05, 4.69) is 33.5 Å². The van der Waals surface area contributed by atoms with E-state index in [0.29, 0.717) is 12.6 Å². The van der Waals surface area contributed by atoms with E-state index in [1.54, 1.807) is 6.20 Å². The molecule has 2 aliphatic rings. The zero-order valence-electron chi connectivity index (χ0n) is 15.2. The maximum Gasteiger partial charge on any atom is 0.246 e. The number of pyridine rings is 1. The van der Waals surface area contributed by atoms with E-state index in [0.717, 1.165) is 48.2 Å². The van der Waals surface area contributed by atoms with E-state index >= 15 is 0 Å². The van der Waals surface area contributed by atoms with Gasteiger partial charge in [-0.1, -0.05) is 24.3 Å². The number of aromatic nitrogens is 3. The molecule has 2 aromatic heterocycles. The molecule has 1 aromatic carbocycles. The smallest absolute Gasteiger partial charge is 0.246 e. The van der Waals surface area contributed by atoms with Gasteiger partial charge in [0, 0.05) is 37.3 Å². The average molecular weight is 361 g/mol. The van der Waals surface area contributed by atoms with Gasteiger partial charge in [0.15, 0.2) is 0 Å². The number of nitrogens with zero attached hydrogens (tertiary/aromatic N) is 4. The molecule has 1 fully saturated rings. The lowest BCUT2D eigenvalue weighted by Gasteiger charge is -2.35. The summed E-state index contributed by atoms with van der Waals surface area (Å²) in [6, 6.07) is 14.4. The van der Waals surface area contributed by atoms with Crippen LogP contribution in [-0.4, -0.2) is 38.2 Å². The number of hydrogen-bond acceptors (Lipinski definition) is 4. The summed E-state index contributed by atoms with van der Waals surface area (Å²) >= 11 is 0. The minimum Gasteiger partial charge on any atom is -0.351 e. The first-order valence-corrected chi connectivity index (χ1v) is 9.66. The lowest BCUT2D eigenvalue weighted by Crippen LogP contribution is -2.48. The first-order chi connectivity index (χ1) is 13.3. The molecular weight excluding hydrogens is 338 g/mol. The summed E-state index contributed by atoms with van der Waals surface area (Å²) in [6.45, 7) is 2.16. The summed E-state index contributed by atoms with van der Waals surface area (Å²) in [5.74, 6) is 0.0841. The Kier molecular flexibility index (Phi) is 4.13. The van der Waals surface area contributed by atoms with E-state index in [1.807, 2.05) is 28.9 Å². The third-order valence-corrected chi connectivity index (χ3v) is 5.66. The molecule has 138 valence electrons. The zero-order valence-corrected chi connectivity index (χ0v) is 15.2. The molecule has 27 heavy (non-hydrogen) atoms. The summed E-state index contributed by atoms with van der Waals surface area (Å²) in [5, 5.41) is 8.74. The SMILES string of the molecule is O=C(NC1CCC1)[C@@H]1CN(Cc2ccc3ccccc3n2)Cc2ccnn21. The molecule has 6 nitrogen and oxygen atoms in total. The highest BCUT2D eigenvalue weighted by Crippen LogP contribution is 2.24. The van der Waals surface area contributed by atoms with Crippen molar-refractivity contribution in [1.82, 2.24) is 25.0 Å². The van der Waals surface area contributed by atoms with Gasteiger partial charge in [0.1, 0.15) is 6.04 Å². The van der Waals surface area contributed by atoms with E-state index in [1.165, 1.54) is 6.42 Å². The Morgan fingerprint density at radius 3 is 2.89 bits per heavy atom. The van der Waals surface area contributed by atoms with Crippen LogP contribution in [0.1, 0.15) is 36.7 Å². The number of carbonyl (C=O) groups excluding carboxylic acids is 1. The van der Waals surface area contributed by atoms with Crippen LogP contribution in [-0.2, 0) is 17.9 Å². The third kappa shape index (κ3) is 3.21. The third-order valence-electron chi connectivity index (χ3n) is 5.66. The van der Waals surface area contributed by atoms with Crippen LogP contribution in [0.5, 0.6) is 0 Å². The Morgan fingerprint density at radius 1 is 1.15 bits per heavy atom. The molecule has 1 aliphatic heterocycles. The predicted molar refractivity (Wildman–Crippen MR) is 103 cm³/mol. The van der Waals surface area contributed by atoms with Crippen LogP contribution in [0.3, 0.4) is 0 Å². The summed E-state index contributed by atoms with van der Waals surface area (Å²) in [4.78, 5) is 19.9. The highest BCUT2D eigenvalue weighted by Gasteiger charge is 2.32. The van der Waals surface area contributed by atoms with Gasteiger partial charge in [-0.3, -0.25) is 19.4 Å². The quantitative estimate of drug-likeness (QED) is 0.776. The normalized spacial score (nSPS) is 20.2. The number of benzene rings is 1. The van der Waals surface area contributed by atoms with E-state index in [9.17, 15) is 4.79 Å². The van der Waals surface area contributed by atoms with Crippen molar-refractivity contribution in [3.63, 3.8) is 0 Å². The second-order valence-corrected chi connectivity index (χ2v) is 7.58. The van der Waals surface area contributed by atoms with Crippen molar-refractivity contribution in [1.29, 1.82) is 0 Å². The van der Waals surface area contributed by atoms with Crippen molar-refractivity contribution in [2.75, 3.05) is 6.54 Å². The molecule has 3 heterocycles. The molecule has 1 atom stereocenters. The van der Waals surface area contributed by atoms with Gasteiger partial charge in [0.25, 0.3) is 0 Å². The monoisotopic (exact) mass is 361 g/mol. The lowest BCUT2D eigenvalue weighted by molar-refractivity contribution is -0.127. The molecule has 0 radical (unpaired) electrons. The first-order valence-electron chi connectivity index (χ1n) is 9.66. The molecular formula is C21H23N5O. The Bertz CT molecular complexity index is 977. The molecule has 1 aliphatic carbocycles. The van der Waals surface area contributed by atoms with Crippen LogP contribution in [0.4, 0.5) is 0 Å². The van der Waals surface area contributed by atoms with Crippen LogP contribution in [0.2, 0.25) is 0 Å². The fourth-order valence-electron chi connectivity index (χ4n) is 3.95. The van der Waals surface area contributed by atoms with Crippen molar-refractivity contribution >= 4 is 16.8 Å². The summed E-state index contributed by atoms with van der Waals surface area (Å²) in [6.07, 6.45) is 5.18. The number of hydrogen-bond donors (Lipinski definition) is 1. The molecule has 0 saturated heterocycles. The maximum atomic E-state index is 12.8. The molecule has 6 heteroatoms. The van der Waals surface area contributed by atoms with Crippen molar-refractivity contribution in [2.24, 2.45) is 0 Å². The fourth-order valence-corrected chi connectivity index (χ4v) is 3.95. The van der Waals surface area contributed by atoms with Crippen molar-refractivity contribution in [2.45, 2.75) is 44.4 Å². The Labute approximate surface area is 158 Å². The topological polar surface area (TPSA) is 63.1 Å². The van der Waals surface area contributed by atoms with E-state index < -0.39 is 0 Å². The summed E-state index contributed by atoms with van der Waals surface area (Å²) in [7, 11) is 0. The van der Waals surface area contributed by atoms with Crippen molar-refractivity contribution in [3.8, 4) is 0 Å². The van der Waals surface area contributed by atoms with Crippen molar-refractivity contribution < 1.29 is 4.79 Å². The Hall–Kier alpha value is -2.73. The molecule has 3 aromatic rings. The molecule has 1 saturated carbocycles. The minimum absolute atomic E-state index is 0.0841. The second-order valence-electron chi connectivity index (χ2n) is 7.58. The number of fused-ring (bicyclic) bond motifs is 2. The Morgan fingerprint density at radius 2 is 2.04 bits per heavy atom. The zero-order chi connectivity index (χ0) is 18.2. The molecule has 0 spiro atoms. The van der Waals surface area contributed by atoms with Crippen molar-refractivity contribution in [3.05, 3.63) is 60.0 Å². The molecule has 0 bridgehead atoms. The van der Waals surface area contributed by atoms with Crippen LogP contribution in [0.25, 0.3) is 10.9 Å². The van der Waals surface area contributed by atoms with Crippen LogP contribution in [0.15, 0.2) is 48.7 Å². The number of amides is 1. The highest BCUT2D eigenvalue weighted by molar-refractivity contribution is 5.81. The Balaban J connectivity index is 1.36. The summed E-state index contributed by atoms with van der Waals surface area (Å²) < 4.78 is 1.89. The van der Waals surface area contributed by atoms with Gasteiger partial charge in [-0.15, -0.1) is 0 Å². The van der Waals surface area contributed by atoms with Gasteiger partial charge in [0.05, 0.1) is 16.9 Å². The number of rotatable bonds is 4. The van der Waals surface area contributed by atoms with Gasteiger partial charge in [-0.25, -0.2) is 0 Å². The van der Waals surface area contributed by atoms with Gasteiger partial charge in [0.2, 0.25) is 5.91 Å². The predicted octanol–water partition coefficient (Wildman–Crippen LogP) is 2.66. The lowest BCUT2D eigenvalue weighted by atomic mass is 9.93. The first kappa shape index (κ1) is 16.4. The fraction of sp³-hybridized carbons (Fsp3) is 0.381. The average Bonchev–Trinajstić information content (AvgIpc) is 3.12. The number of nitrogens with one attached hydrogen (secondary N) is 1. The number of para-hydroxylation sites is 1. The largest absolute Gasteiger partial charge is 0.351 e. The van der Waals surface area contributed by atoms with Crippen LogP contribution >= 0.6 is 0 Å². The summed E-state index contributed by atoms with van der Waals surface area (Å²) in [5.41, 5.74) is 3.12. The van der Waals surface area contributed by atoms with E-state index in [4.69, 9.17) is 4.98 Å². The van der Waals surface area contributed by atoms with Gasteiger partial charge in [-0.2, -0.15) is 5.10 Å². The van der Waals surface area contributed by atoms with Crippen LogP contribution in [0, 0.1) is 0 Å². The van der Waals surface area contributed by atoms with E-state index in [-0.39, 0.29) is 11.9 Å².